The number of likely N-dealkylation sites (tertiary alicyclic amines) is 1. The average Bonchev–Trinajstić information content (AvgIpc) is 3.12. The van der Waals surface area contributed by atoms with Gasteiger partial charge in [0.15, 0.2) is 0 Å². The molecule has 0 spiro atoms. The number of ether oxygens (including phenoxy) is 2. The van der Waals surface area contributed by atoms with Crippen LogP contribution in [0.1, 0.15) is 19.8 Å². The van der Waals surface area contributed by atoms with E-state index in [-0.39, 0.29) is 11.8 Å². The molecule has 2 aromatic carbocycles. The van der Waals surface area contributed by atoms with Crippen LogP contribution in [0.4, 0.5) is 5.69 Å². The fourth-order valence-electron chi connectivity index (χ4n) is 2.98. The summed E-state index contributed by atoms with van der Waals surface area (Å²) in [4.78, 5) is 26.0. The van der Waals surface area contributed by atoms with Crippen LogP contribution in [0.25, 0.3) is 0 Å². The van der Waals surface area contributed by atoms with E-state index < -0.39 is 6.04 Å². The molecule has 142 valence electrons. The number of carbonyl (C=O) groups excluding carboxylic acids is 2. The molecule has 1 atom stereocenters. The molecule has 0 radical (unpaired) electrons. The molecule has 0 saturated carbocycles. The first-order chi connectivity index (χ1) is 13.1. The molecule has 3 rings (SSSR count). The van der Waals surface area contributed by atoms with Gasteiger partial charge in [-0.1, -0.05) is 30.3 Å². The van der Waals surface area contributed by atoms with Gasteiger partial charge in [-0.3, -0.25) is 9.59 Å². The van der Waals surface area contributed by atoms with E-state index in [4.69, 9.17) is 9.47 Å². The molecule has 27 heavy (non-hydrogen) atoms. The van der Waals surface area contributed by atoms with Crippen molar-refractivity contribution in [2.24, 2.45) is 0 Å². The van der Waals surface area contributed by atoms with Gasteiger partial charge in [0.25, 0.3) is 0 Å². The van der Waals surface area contributed by atoms with Gasteiger partial charge in [0.05, 0.1) is 5.69 Å². The van der Waals surface area contributed by atoms with E-state index in [1.165, 1.54) is 0 Å². The van der Waals surface area contributed by atoms with Gasteiger partial charge in [-0.05, 0) is 37.6 Å². The molecule has 1 fully saturated rings. The van der Waals surface area contributed by atoms with Crippen LogP contribution in [0.3, 0.4) is 0 Å². The maximum atomic E-state index is 12.5. The van der Waals surface area contributed by atoms with Crippen LogP contribution in [0.15, 0.2) is 54.6 Å². The Morgan fingerprint density at radius 1 is 1.07 bits per heavy atom. The molecule has 6 heteroatoms. The van der Waals surface area contributed by atoms with Gasteiger partial charge in [0.2, 0.25) is 11.8 Å². The van der Waals surface area contributed by atoms with Crippen LogP contribution in [0, 0.1) is 0 Å². The Morgan fingerprint density at radius 2 is 1.78 bits per heavy atom. The molecule has 2 amide bonds. The van der Waals surface area contributed by atoms with Crippen LogP contribution >= 0.6 is 0 Å². The number of benzene rings is 2. The number of carbonyl (C=O) groups is 2. The summed E-state index contributed by atoms with van der Waals surface area (Å²) in [5.74, 6) is 1.16. The molecule has 6 nitrogen and oxygen atoms in total. The minimum Gasteiger partial charge on any atom is -0.490 e. The second-order valence-corrected chi connectivity index (χ2v) is 6.36. The summed E-state index contributed by atoms with van der Waals surface area (Å²) >= 11 is 0. The number of nitrogens with zero attached hydrogens (tertiary/aromatic N) is 1. The van der Waals surface area contributed by atoms with E-state index in [0.717, 1.165) is 12.2 Å². The SMILES string of the molecule is C[C@H](C(=O)Nc1ccccc1OCCOc1ccccc1)N1CCCC1=O. The Balaban J connectivity index is 1.53. The molecule has 1 N–H and O–H groups in total. The summed E-state index contributed by atoms with van der Waals surface area (Å²) in [6.45, 7) is 3.12. The molecular formula is C21H24N2O4. The number of hydrogen-bond acceptors (Lipinski definition) is 4. The van der Waals surface area contributed by atoms with Crippen LogP contribution in [-0.2, 0) is 9.59 Å². The number of hydrogen-bond donors (Lipinski definition) is 1. The fraction of sp³-hybridized carbons (Fsp3) is 0.333. The van der Waals surface area contributed by atoms with Gasteiger partial charge < -0.3 is 19.7 Å². The first kappa shape index (κ1) is 18.8. The molecular weight excluding hydrogens is 344 g/mol. The third kappa shape index (κ3) is 5.00. The normalized spacial score (nSPS) is 14.7. The average molecular weight is 368 g/mol. The molecule has 1 aliphatic heterocycles. The van der Waals surface area contributed by atoms with E-state index in [2.05, 4.69) is 5.32 Å². The minimum absolute atomic E-state index is 0.0280. The molecule has 2 aromatic rings. The van der Waals surface area contributed by atoms with Crippen LogP contribution in [0.2, 0.25) is 0 Å². The highest BCUT2D eigenvalue weighted by molar-refractivity contribution is 5.98. The standard InChI is InChI=1S/C21H24N2O4/c1-16(23-13-7-12-20(23)24)21(25)22-18-10-5-6-11-19(18)27-15-14-26-17-8-3-2-4-9-17/h2-6,8-11,16H,7,12-15H2,1H3,(H,22,25)/t16-/m1/s1. The van der Waals surface area contributed by atoms with Crippen LogP contribution < -0.4 is 14.8 Å². The van der Waals surface area contributed by atoms with Crippen molar-refractivity contribution in [3.05, 3.63) is 54.6 Å². The third-order valence-corrected chi connectivity index (χ3v) is 4.45. The molecule has 0 bridgehead atoms. The van der Waals surface area contributed by atoms with Crippen molar-refractivity contribution in [3.8, 4) is 11.5 Å². The highest BCUT2D eigenvalue weighted by Gasteiger charge is 2.29. The summed E-state index contributed by atoms with van der Waals surface area (Å²) in [5.41, 5.74) is 0.584. The van der Waals surface area contributed by atoms with E-state index in [9.17, 15) is 9.59 Å². The summed E-state index contributed by atoms with van der Waals surface area (Å²) in [6.07, 6.45) is 1.32. The number of rotatable bonds is 8. The largest absolute Gasteiger partial charge is 0.490 e. The summed E-state index contributed by atoms with van der Waals surface area (Å²) in [5, 5.41) is 2.87. The van der Waals surface area contributed by atoms with Crippen molar-refractivity contribution in [1.29, 1.82) is 0 Å². The lowest BCUT2D eigenvalue weighted by atomic mass is 10.2. The monoisotopic (exact) mass is 368 g/mol. The van der Waals surface area contributed by atoms with Crippen molar-refractivity contribution < 1.29 is 19.1 Å². The van der Waals surface area contributed by atoms with Gasteiger partial charge >= 0.3 is 0 Å². The number of anilines is 1. The molecule has 0 aromatic heterocycles. The Morgan fingerprint density at radius 3 is 2.52 bits per heavy atom. The zero-order valence-corrected chi connectivity index (χ0v) is 15.4. The highest BCUT2D eigenvalue weighted by atomic mass is 16.5. The smallest absolute Gasteiger partial charge is 0.246 e. The fourth-order valence-corrected chi connectivity index (χ4v) is 2.98. The van der Waals surface area contributed by atoms with Crippen molar-refractivity contribution in [3.63, 3.8) is 0 Å². The lowest BCUT2D eigenvalue weighted by Gasteiger charge is -2.23. The van der Waals surface area contributed by atoms with E-state index in [1.807, 2.05) is 42.5 Å². The number of amides is 2. The maximum absolute atomic E-state index is 12.5. The maximum Gasteiger partial charge on any atom is 0.246 e. The number of para-hydroxylation sites is 3. The van der Waals surface area contributed by atoms with Crippen molar-refractivity contribution in [2.45, 2.75) is 25.8 Å². The second kappa shape index (κ2) is 9.07. The Labute approximate surface area is 159 Å². The lowest BCUT2D eigenvalue weighted by Crippen LogP contribution is -2.42. The van der Waals surface area contributed by atoms with Gasteiger partial charge in [-0.25, -0.2) is 0 Å². The Kier molecular flexibility index (Phi) is 6.30. The summed E-state index contributed by atoms with van der Waals surface area (Å²) < 4.78 is 11.4. The topological polar surface area (TPSA) is 67.9 Å². The summed E-state index contributed by atoms with van der Waals surface area (Å²) in [6, 6.07) is 16.3. The van der Waals surface area contributed by atoms with E-state index in [1.54, 1.807) is 24.0 Å². The van der Waals surface area contributed by atoms with Crippen LogP contribution in [-0.4, -0.2) is 42.5 Å². The molecule has 1 heterocycles. The van der Waals surface area contributed by atoms with Gasteiger partial charge in [-0.2, -0.15) is 0 Å². The Bertz CT molecular complexity index is 779. The molecule has 0 unspecified atom stereocenters. The second-order valence-electron chi connectivity index (χ2n) is 6.36. The van der Waals surface area contributed by atoms with Crippen molar-refractivity contribution >= 4 is 17.5 Å². The first-order valence-electron chi connectivity index (χ1n) is 9.15. The quantitative estimate of drug-likeness (QED) is 0.727. The molecule has 1 aliphatic rings. The highest BCUT2D eigenvalue weighted by Crippen LogP contribution is 2.25. The first-order valence-corrected chi connectivity index (χ1v) is 9.15. The van der Waals surface area contributed by atoms with Gasteiger partial charge in [0.1, 0.15) is 30.8 Å². The van der Waals surface area contributed by atoms with E-state index >= 15 is 0 Å². The predicted molar refractivity (Wildman–Crippen MR) is 103 cm³/mol. The van der Waals surface area contributed by atoms with E-state index in [0.29, 0.717) is 37.6 Å². The Hall–Kier alpha value is -3.02. The predicted octanol–water partition coefficient (Wildman–Crippen LogP) is 3.09. The molecule has 0 aliphatic carbocycles. The van der Waals surface area contributed by atoms with Crippen LogP contribution in [0.5, 0.6) is 11.5 Å². The summed E-state index contributed by atoms with van der Waals surface area (Å²) in [7, 11) is 0. The van der Waals surface area contributed by atoms with Crippen molar-refractivity contribution in [1.82, 2.24) is 4.90 Å². The minimum atomic E-state index is -0.505. The number of nitrogens with one attached hydrogen (secondary N) is 1. The van der Waals surface area contributed by atoms with Gasteiger partial charge in [-0.15, -0.1) is 0 Å². The van der Waals surface area contributed by atoms with Crippen molar-refractivity contribution in [2.75, 3.05) is 25.1 Å². The molecule has 1 saturated heterocycles. The third-order valence-electron chi connectivity index (χ3n) is 4.45. The zero-order chi connectivity index (χ0) is 19.1. The van der Waals surface area contributed by atoms with Gasteiger partial charge in [0, 0.05) is 13.0 Å². The lowest BCUT2D eigenvalue weighted by molar-refractivity contribution is -0.134. The zero-order valence-electron chi connectivity index (χ0n) is 15.4.